The van der Waals surface area contributed by atoms with Gasteiger partial charge in [0.2, 0.25) is 0 Å². The van der Waals surface area contributed by atoms with Gasteiger partial charge in [0.05, 0.1) is 6.54 Å². The van der Waals surface area contributed by atoms with Gasteiger partial charge in [0.1, 0.15) is 12.3 Å². The summed E-state index contributed by atoms with van der Waals surface area (Å²) in [4.78, 5) is 19.4. The first-order valence-corrected chi connectivity index (χ1v) is 4.62. The average Bonchev–Trinajstić information content (AvgIpc) is 2.29. The van der Waals surface area contributed by atoms with Crippen LogP contribution in [0.3, 0.4) is 0 Å². The number of hydrogen-bond acceptors (Lipinski definition) is 5. The van der Waals surface area contributed by atoms with Gasteiger partial charge in [-0.05, 0) is 24.3 Å². The second-order valence-electron chi connectivity index (χ2n) is 2.89. The maximum Gasteiger partial charge on any atom is 0.322 e. The first kappa shape index (κ1) is 14.7. The number of carboxylic acid groups (broad SMARTS) is 2. The van der Waals surface area contributed by atoms with E-state index in [9.17, 15) is 9.59 Å². The van der Waals surface area contributed by atoms with Crippen LogP contribution in [-0.2, 0) is 9.59 Å². The zero-order valence-electron chi connectivity index (χ0n) is 8.96. The topological polar surface area (TPSA) is 133 Å². The highest BCUT2D eigenvalue weighted by Gasteiger charge is 1.95. The Hall–Kier alpha value is -2.28. The fourth-order valence-corrected chi connectivity index (χ4v) is 0.757. The Balaban J connectivity index is 0.000000437. The molecule has 0 radical (unpaired) electrons. The van der Waals surface area contributed by atoms with Gasteiger partial charge in [-0.25, -0.2) is 0 Å². The smallest absolute Gasteiger partial charge is 0.322 e. The van der Waals surface area contributed by atoms with Crippen molar-refractivity contribution in [3.05, 3.63) is 24.3 Å². The van der Waals surface area contributed by atoms with Crippen molar-refractivity contribution in [1.29, 1.82) is 0 Å². The van der Waals surface area contributed by atoms with Gasteiger partial charge in [-0.2, -0.15) is 0 Å². The van der Waals surface area contributed by atoms with Gasteiger partial charge >= 0.3 is 11.9 Å². The van der Waals surface area contributed by atoms with Crippen LogP contribution < -0.4 is 11.1 Å². The van der Waals surface area contributed by atoms with Crippen LogP contribution in [0.25, 0.3) is 0 Å². The van der Waals surface area contributed by atoms with E-state index in [-0.39, 0.29) is 18.8 Å². The molecule has 1 aromatic rings. The molecule has 0 saturated carbocycles. The molecule has 0 bridgehead atoms. The third-order valence-corrected chi connectivity index (χ3v) is 1.49. The number of phenolic OH excluding ortho intramolecular Hbond substituents is 1. The fraction of sp³-hybridized carbons (Fsp3) is 0.200. The number of anilines is 1. The molecule has 0 amide bonds. The van der Waals surface area contributed by atoms with Gasteiger partial charge in [0, 0.05) is 5.69 Å². The number of aliphatic carboxylic acids is 2. The second kappa shape index (κ2) is 7.94. The average molecular weight is 242 g/mol. The van der Waals surface area contributed by atoms with Crippen molar-refractivity contribution in [2.75, 3.05) is 18.4 Å². The maximum atomic E-state index is 10.1. The van der Waals surface area contributed by atoms with Crippen molar-refractivity contribution in [2.24, 2.45) is 5.73 Å². The predicted octanol–water partition coefficient (Wildman–Crippen LogP) is -0.0816. The van der Waals surface area contributed by atoms with Crippen molar-refractivity contribution >= 4 is 17.6 Å². The van der Waals surface area contributed by atoms with Gasteiger partial charge in [-0.15, -0.1) is 0 Å². The third kappa shape index (κ3) is 8.70. The summed E-state index contributed by atoms with van der Waals surface area (Å²) in [6.07, 6.45) is 0. The van der Waals surface area contributed by atoms with Crippen LogP contribution in [0.1, 0.15) is 0 Å². The zero-order valence-corrected chi connectivity index (χ0v) is 8.96. The standard InChI is InChI=1S/C8H9NO3.C2H5NO2/c10-7-3-1-6(2-4-7)9-5-8(11)12;3-1-2(4)5/h1-4,9-10H,5H2,(H,11,12);1,3H2,(H,4,5). The number of hydrogen-bond donors (Lipinski definition) is 5. The number of phenols is 1. The van der Waals surface area contributed by atoms with Crippen molar-refractivity contribution in [1.82, 2.24) is 0 Å². The summed E-state index contributed by atoms with van der Waals surface area (Å²) >= 11 is 0. The number of carboxylic acids is 2. The Morgan fingerprint density at radius 1 is 1.12 bits per heavy atom. The number of carbonyl (C=O) groups is 2. The molecule has 0 aliphatic heterocycles. The lowest BCUT2D eigenvalue weighted by Gasteiger charge is -2.01. The minimum atomic E-state index is -0.968. The van der Waals surface area contributed by atoms with Crippen LogP contribution in [0.15, 0.2) is 24.3 Å². The zero-order chi connectivity index (χ0) is 13.3. The monoisotopic (exact) mass is 242 g/mol. The first-order chi connectivity index (χ1) is 7.95. The molecule has 0 spiro atoms. The summed E-state index contributed by atoms with van der Waals surface area (Å²) in [6, 6.07) is 6.20. The molecule has 0 unspecified atom stereocenters. The predicted molar refractivity (Wildman–Crippen MR) is 60.9 cm³/mol. The van der Waals surface area contributed by atoms with E-state index in [4.69, 9.17) is 15.3 Å². The maximum absolute atomic E-state index is 10.1. The van der Waals surface area contributed by atoms with E-state index in [0.717, 1.165) is 0 Å². The molecule has 0 aromatic heterocycles. The van der Waals surface area contributed by atoms with Crippen LogP contribution in [0, 0.1) is 0 Å². The molecule has 1 rings (SSSR count). The molecular weight excluding hydrogens is 228 g/mol. The van der Waals surface area contributed by atoms with Gasteiger partial charge < -0.3 is 26.4 Å². The van der Waals surface area contributed by atoms with E-state index in [1.54, 1.807) is 12.1 Å². The van der Waals surface area contributed by atoms with Gasteiger partial charge in [0.15, 0.2) is 0 Å². The van der Waals surface area contributed by atoms with Crippen molar-refractivity contribution in [3.63, 3.8) is 0 Å². The summed E-state index contributed by atoms with van der Waals surface area (Å²) < 4.78 is 0. The minimum Gasteiger partial charge on any atom is -0.508 e. The molecule has 17 heavy (non-hydrogen) atoms. The molecule has 0 heterocycles. The number of benzene rings is 1. The van der Waals surface area contributed by atoms with Gasteiger partial charge in [-0.3, -0.25) is 9.59 Å². The van der Waals surface area contributed by atoms with Crippen LogP contribution >= 0.6 is 0 Å². The summed E-state index contributed by atoms with van der Waals surface area (Å²) in [5.41, 5.74) is 5.25. The van der Waals surface area contributed by atoms with E-state index < -0.39 is 11.9 Å². The summed E-state index contributed by atoms with van der Waals surface area (Å²) in [6.45, 7) is -0.398. The Labute approximate surface area is 97.5 Å². The molecule has 94 valence electrons. The molecular formula is C10H14N2O5. The van der Waals surface area contributed by atoms with Crippen LogP contribution in [-0.4, -0.2) is 40.3 Å². The summed E-state index contributed by atoms with van der Waals surface area (Å²) in [7, 11) is 0. The van der Waals surface area contributed by atoms with E-state index in [0.29, 0.717) is 5.69 Å². The first-order valence-electron chi connectivity index (χ1n) is 4.62. The molecule has 0 saturated heterocycles. The highest BCUT2D eigenvalue weighted by Crippen LogP contribution is 2.12. The Bertz CT molecular complexity index is 363. The van der Waals surface area contributed by atoms with E-state index in [1.165, 1.54) is 12.1 Å². The molecule has 0 atom stereocenters. The SMILES string of the molecule is NCC(=O)O.O=C(O)CNc1ccc(O)cc1. The highest BCUT2D eigenvalue weighted by atomic mass is 16.4. The molecule has 7 nitrogen and oxygen atoms in total. The number of rotatable bonds is 4. The van der Waals surface area contributed by atoms with Crippen molar-refractivity contribution < 1.29 is 24.9 Å². The number of nitrogens with one attached hydrogen (secondary N) is 1. The lowest BCUT2D eigenvalue weighted by molar-refractivity contribution is -0.136. The number of aromatic hydroxyl groups is 1. The Morgan fingerprint density at radius 2 is 1.59 bits per heavy atom. The van der Waals surface area contributed by atoms with E-state index in [2.05, 4.69) is 11.1 Å². The summed E-state index contributed by atoms with van der Waals surface area (Å²) in [5, 5.41) is 27.5. The lowest BCUT2D eigenvalue weighted by Crippen LogP contribution is -2.11. The quantitative estimate of drug-likeness (QED) is 0.466. The van der Waals surface area contributed by atoms with Crippen LogP contribution in [0.4, 0.5) is 5.69 Å². The summed E-state index contributed by atoms with van der Waals surface area (Å²) in [5.74, 6) is -1.72. The third-order valence-electron chi connectivity index (χ3n) is 1.49. The molecule has 0 aliphatic rings. The Kier molecular flexibility index (Phi) is 6.88. The van der Waals surface area contributed by atoms with Crippen molar-refractivity contribution in [3.8, 4) is 5.75 Å². The molecule has 6 N–H and O–H groups in total. The molecule has 7 heteroatoms. The molecule has 0 aliphatic carbocycles. The molecule has 0 fully saturated rings. The molecule has 1 aromatic carbocycles. The van der Waals surface area contributed by atoms with Gasteiger partial charge in [-0.1, -0.05) is 0 Å². The Morgan fingerprint density at radius 3 is 1.94 bits per heavy atom. The minimum absolute atomic E-state index is 0.120. The highest BCUT2D eigenvalue weighted by molar-refractivity contribution is 5.72. The number of nitrogens with two attached hydrogens (primary N) is 1. The fourth-order valence-electron chi connectivity index (χ4n) is 0.757. The van der Waals surface area contributed by atoms with Crippen LogP contribution in [0.5, 0.6) is 5.75 Å². The normalized spacial score (nSPS) is 8.76. The van der Waals surface area contributed by atoms with E-state index >= 15 is 0 Å². The lowest BCUT2D eigenvalue weighted by atomic mass is 10.3. The largest absolute Gasteiger partial charge is 0.508 e. The van der Waals surface area contributed by atoms with E-state index in [1.807, 2.05) is 0 Å². The second-order valence-corrected chi connectivity index (χ2v) is 2.89. The van der Waals surface area contributed by atoms with Gasteiger partial charge in [0.25, 0.3) is 0 Å². The van der Waals surface area contributed by atoms with Crippen molar-refractivity contribution in [2.45, 2.75) is 0 Å². The van der Waals surface area contributed by atoms with Crippen LogP contribution in [0.2, 0.25) is 0 Å².